The maximum atomic E-state index is 3.52. The molecule has 0 aliphatic rings. The molecule has 0 fully saturated rings. The summed E-state index contributed by atoms with van der Waals surface area (Å²) in [7, 11) is 2.16. The van der Waals surface area contributed by atoms with Crippen molar-refractivity contribution in [2.45, 2.75) is 34.1 Å². The Morgan fingerprint density at radius 3 is 2.39 bits per heavy atom. The van der Waals surface area contributed by atoms with Gasteiger partial charge >= 0.3 is 0 Å². The van der Waals surface area contributed by atoms with Gasteiger partial charge in [-0.05, 0) is 36.9 Å². The van der Waals surface area contributed by atoms with Crippen molar-refractivity contribution in [2.24, 2.45) is 5.41 Å². The Kier molecular flexibility index (Phi) is 5.67. The standard InChI is InChI=1S/C16H28N2/c1-14-8-6-7-9-15(14)18(5)13-12-17-11-10-16(2,3)4/h6-9,17H,10-13H2,1-5H3. The van der Waals surface area contributed by atoms with E-state index < -0.39 is 0 Å². The van der Waals surface area contributed by atoms with Gasteiger partial charge in [-0.3, -0.25) is 0 Å². The van der Waals surface area contributed by atoms with Gasteiger partial charge in [-0.1, -0.05) is 39.0 Å². The number of aryl methyl sites for hydroxylation is 1. The SMILES string of the molecule is Cc1ccccc1N(C)CCNCCC(C)(C)C. The van der Waals surface area contributed by atoms with Gasteiger partial charge < -0.3 is 10.2 Å². The zero-order valence-electron chi connectivity index (χ0n) is 12.6. The van der Waals surface area contributed by atoms with Gasteiger partial charge in [0.1, 0.15) is 0 Å². The maximum Gasteiger partial charge on any atom is 0.0393 e. The van der Waals surface area contributed by atoms with Crippen LogP contribution in [0.25, 0.3) is 0 Å². The molecule has 0 atom stereocenters. The highest BCUT2D eigenvalue weighted by Gasteiger charge is 2.09. The quantitative estimate of drug-likeness (QED) is 0.776. The number of benzene rings is 1. The van der Waals surface area contributed by atoms with E-state index in [2.05, 4.69) is 69.2 Å². The van der Waals surface area contributed by atoms with Crippen molar-refractivity contribution in [3.63, 3.8) is 0 Å². The van der Waals surface area contributed by atoms with Gasteiger partial charge in [0.2, 0.25) is 0 Å². The summed E-state index contributed by atoms with van der Waals surface area (Å²) in [6.07, 6.45) is 1.22. The van der Waals surface area contributed by atoms with Gasteiger partial charge in [0.25, 0.3) is 0 Å². The van der Waals surface area contributed by atoms with Crippen molar-refractivity contribution in [3.8, 4) is 0 Å². The third kappa shape index (κ3) is 5.54. The van der Waals surface area contributed by atoms with E-state index in [0.29, 0.717) is 5.41 Å². The average Bonchev–Trinajstić information content (AvgIpc) is 2.27. The summed E-state index contributed by atoms with van der Waals surface area (Å²) in [5, 5.41) is 3.52. The highest BCUT2D eigenvalue weighted by Crippen LogP contribution is 2.18. The number of hydrogen-bond donors (Lipinski definition) is 1. The molecule has 2 nitrogen and oxygen atoms in total. The lowest BCUT2D eigenvalue weighted by molar-refractivity contribution is 0.368. The van der Waals surface area contributed by atoms with Crippen LogP contribution < -0.4 is 10.2 Å². The number of rotatable bonds is 6. The Balaban J connectivity index is 2.26. The molecule has 1 rings (SSSR count). The van der Waals surface area contributed by atoms with Crippen LogP contribution in [0.3, 0.4) is 0 Å². The first kappa shape index (κ1) is 15.0. The van der Waals surface area contributed by atoms with E-state index in [1.54, 1.807) is 0 Å². The fraction of sp³-hybridized carbons (Fsp3) is 0.625. The molecule has 102 valence electrons. The molecular formula is C16H28N2. The molecule has 2 heteroatoms. The van der Waals surface area contributed by atoms with E-state index in [1.165, 1.54) is 17.7 Å². The van der Waals surface area contributed by atoms with Crippen LogP contribution >= 0.6 is 0 Å². The topological polar surface area (TPSA) is 15.3 Å². The number of likely N-dealkylation sites (N-methyl/N-ethyl adjacent to an activating group) is 1. The molecular weight excluding hydrogens is 220 g/mol. The highest BCUT2D eigenvalue weighted by atomic mass is 15.1. The van der Waals surface area contributed by atoms with Gasteiger partial charge in [0.15, 0.2) is 0 Å². The van der Waals surface area contributed by atoms with E-state index in [1.807, 2.05) is 0 Å². The van der Waals surface area contributed by atoms with Crippen LogP contribution in [0.5, 0.6) is 0 Å². The second-order valence-electron chi connectivity index (χ2n) is 6.27. The monoisotopic (exact) mass is 248 g/mol. The number of anilines is 1. The fourth-order valence-corrected chi connectivity index (χ4v) is 1.95. The molecule has 0 bridgehead atoms. The first-order valence-corrected chi connectivity index (χ1v) is 6.88. The van der Waals surface area contributed by atoms with Gasteiger partial charge in [0.05, 0.1) is 0 Å². The van der Waals surface area contributed by atoms with Crippen LogP contribution in [0.15, 0.2) is 24.3 Å². The normalized spacial score (nSPS) is 11.6. The van der Waals surface area contributed by atoms with Crippen LogP contribution in [0.1, 0.15) is 32.8 Å². The van der Waals surface area contributed by atoms with Crippen molar-refractivity contribution >= 4 is 5.69 Å². The molecule has 0 amide bonds. The molecule has 0 heterocycles. The molecule has 1 aromatic carbocycles. The molecule has 0 spiro atoms. The number of para-hydroxylation sites is 1. The predicted octanol–water partition coefficient (Wildman–Crippen LogP) is 3.46. The zero-order valence-corrected chi connectivity index (χ0v) is 12.6. The number of hydrogen-bond acceptors (Lipinski definition) is 2. The van der Waals surface area contributed by atoms with E-state index in [4.69, 9.17) is 0 Å². The summed E-state index contributed by atoms with van der Waals surface area (Å²) < 4.78 is 0. The van der Waals surface area contributed by atoms with Crippen molar-refractivity contribution in [2.75, 3.05) is 31.6 Å². The highest BCUT2D eigenvalue weighted by molar-refractivity contribution is 5.52. The molecule has 1 aromatic rings. The summed E-state index contributed by atoms with van der Waals surface area (Å²) >= 11 is 0. The number of nitrogens with one attached hydrogen (secondary N) is 1. The Morgan fingerprint density at radius 2 is 1.78 bits per heavy atom. The molecule has 0 aromatic heterocycles. The second-order valence-corrected chi connectivity index (χ2v) is 6.27. The zero-order chi connectivity index (χ0) is 13.6. The summed E-state index contributed by atoms with van der Waals surface area (Å²) in [5.41, 5.74) is 3.10. The summed E-state index contributed by atoms with van der Waals surface area (Å²) in [6.45, 7) is 12.2. The lowest BCUT2D eigenvalue weighted by Crippen LogP contribution is -2.31. The maximum absolute atomic E-state index is 3.52. The molecule has 0 radical (unpaired) electrons. The van der Waals surface area contributed by atoms with Crippen LogP contribution in [-0.4, -0.2) is 26.7 Å². The smallest absolute Gasteiger partial charge is 0.0393 e. The molecule has 0 unspecified atom stereocenters. The summed E-state index contributed by atoms with van der Waals surface area (Å²) in [5.74, 6) is 0. The Morgan fingerprint density at radius 1 is 1.11 bits per heavy atom. The minimum absolute atomic E-state index is 0.426. The van der Waals surface area contributed by atoms with Crippen LogP contribution in [0, 0.1) is 12.3 Å². The molecule has 0 saturated heterocycles. The largest absolute Gasteiger partial charge is 0.373 e. The van der Waals surface area contributed by atoms with E-state index in [-0.39, 0.29) is 0 Å². The lowest BCUT2D eigenvalue weighted by Gasteiger charge is -2.22. The van der Waals surface area contributed by atoms with E-state index in [9.17, 15) is 0 Å². The fourth-order valence-electron chi connectivity index (χ4n) is 1.95. The summed E-state index contributed by atoms with van der Waals surface area (Å²) in [6, 6.07) is 8.55. The van der Waals surface area contributed by atoms with Crippen LogP contribution in [0.2, 0.25) is 0 Å². The van der Waals surface area contributed by atoms with Crippen LogP contribution in [-0.2, 0) is 0 Å². The Labute approximate surface area is 112 Å². The third-order valence-electron chi connectivity index (χ3n) is 3.20. The van der Waals surface area contributed by atoms with Crippen LogP contribution in [0.4, 0.5) is 5.69 Å². The van der Waals surface area contributed by atoms with Crippen molar-refractivity contribution in [3.05, 3.63) is 29.8 Å². The van der Waals surface area contributed by atoms with E-state index >= 15 is 0 Å². The minimum Gasteiger partial charge on any atom is -0.373 e. The third-order valence-corrected chi connectivity index (χ3v) is 3.20. The first-order valence-electron chi connectivity index (χ1n) is 6.88. The van der Waals surface area contributed by atoms with Crippen molar-refractivity contribution in [1.82, 2.24) is 5.32 Å². The number of nitrogens with zero attached hydrogens (tertiary/aromatic N) is 1. The predicted molar refractivity (Wildman–Crippen MR) is 81.4 cm³/mol. The molecule has 0 saturated carbocycles. The van der Waals surface area contributed by atoms with Gasteiger partial charge in [0, 0.05) is 25.8 Å². The van der Waals surface area contributed by atoms with E-state index in [0.717, 1.165) is 19.6 Å². The van der Waals surface area contributed by atoms with Crippen molar-refractivity contribution < 1.29 is 0 Å². The van der Waals surface area contributed by atoms with Gasteiger partial charge in [-0.15, -0.1) is 0 Å². The van der Waals surface area contributed by atoms with Gasteiger partial charge in [-0.25, -0.2) is 0 Å². The molecule has 0 aliphatic heterocycles. The second kappa shape index (κ2) is 6.79. The summed E-state index contributed by atoms with van der Waals surface area (Å²) in [4.78, 5) is 2.32. The van der Waals surface area contributed by atoms with Crippen molar-refractivity contribution in [1.29, 1.82) is 0 Å². The minimum atomic E-state index is 0.426. The first-order chi connectivity index (χ1) is 8.40. The lowest BCUT2D eigenvalue weighted by atomic mass is 9.92. The Bertz CT molecular complexity index is 352. The Hall–Kier alpha value is -1.02. The average molecular weight is 248 g/mol. The molecule has 0 aliphatic carbocycles. The molecule has 18 heavy (non-hydrogen) atoms. The van der Waals surface area contributed by atoms with Gasteiger partial charge in [-0.2, -0.15) is 0 Å². The molecule has 1 N–H and O–H groups in total.